The number of aromatic nitrogens is 4. The number of amides is 1. The molecule has 1 amide bonds. The SMILES string of the molecule is Cc1nn(CC(C)C(=O)Nc2nc3ccccc3n2C)c(C)c1Cl. The maximum absolute atomic E-state index is 12.5. The van der Waals surface area contributed by atoms with Crippen LogP contribution >= 0.6 is 11.6 Å². The number of hydrogen-bond donors (Lipinski definition) is 1. The predicted octanol–water partition coefficient (Wildman–Crippen LogP) is 3.31. The fourth-order valence-corrected chi connectivity index (χ4v) is 2.82. The summed E-state index contributed by atoms with van der Waals surface area (Å²) in [4.78, 5) is 17.0. The van der Waals surface area contributed by atoms with Crippen LogP contribution in [0.25, 0.3) is 11.0 Å². The summed E-state index contributed by atoms with van der Waals surface area (Å²) in [5, 5.41) is 7.93. The average Bonchev–Trinajstić information content (AvgIpc) is 3.00. The van der Waals surface area contributed by atoms with Gasteiger partial charge in [-0.3, -0.25) is 14.8 Å². The lowest BCUT2D eigenvalue weighted by Crippen LogP contribution is -2.26. The van der Waals surface area contributed by atoms with Gasteiger partial charge in [-0.05, 0) is 26.0 Å². The highest BCUT2D eigenvalue weighted by atomic mass is 35.5. The molecular formula is C17H20ClN5O. The highest BCUT2D eigenvalue weighted by Crippen LogP contribution is 2.21. The van der Waals surface area contributed by atoms with Gasteiger partial charge in [0.05, 0.1) is 39.9 Å². The Balaban J connectivity index is 1.76. The van der Waals surface area contributed by atoms with Crippen LogP contribution in [-0.4, -0.2) is 25.2 Å². The zero-order valence-corrected chi connectivity index (χ0v) is 14.9. The molecule has 1 atom stereocenters. The van der Waals surface area contributed by atoms with E-state index in [1.54, 1.807) is 4.68 Å². The van der Waals surface area contributed by atoms with E-state index >= 15 is 0 Å². The molecule has 3 rings (SSSR count). The Labute approximate surface area is 145 Å². The van der Waals surface area contributed by atoms with Crippen LogP contribution in [0.15, 0.2) is 24.3 Å². The summed E-state index contributed by atoms with van der Waals surface area (Å²) >= 11 is 6.16. The molecule has 0 aliphatic rings. The fraction of sp³-hybridized carbons (Fsp3) is 0.353. The van der Waals surface area contributed by atoms with E-state index in [9.17, 15) is 4.79 Å². The number of nitrogens with one attached hydrogen (secondary N) is 1. The summed E-state index contributed by atoms with van der Waals surface area (Å²) in [7, 11) is 1.89. The minimum Gasteiger partial charge on any atom is -0.313 e. The average molecular weight is 346 g/mol. The highest BCUT2D eigenvalue weighted by molar-refractivity contribution is 6.31. The Hall–Kier alpha value is -2.34. The third-order valence-corrected chi connectivity index (χ3v) is 4.76. The number of hydrogen-bond acceptors (Lipinski definition) is 3. The molecule has 0 aliphatic carbocycles. The summed E-state index contributed by atoms with van der Waals surface area (Å²) in [6.07, 6.45) is 0. The minimum atomic E-state index is -0.265. The van der Waals surface area contributed by atoms with E-state index in [2.05, 4.69) is 15.4 Å². The van der Waals surface area contributed by atoms with Crippen molar-refractivity contribution in [1.29, 1.82) is 0 Å². The van der Waals surface area contributed by atoms with E-state index in [1.807, 2.05) is 56.7 Å². The van der Waals surface area contributed by atoms with Gasteiger partial charge in [0, 0.05) is 7.05 Å². The van der Waals surface area contributed by atoms with E-state index in [4.69, 9.17) is 11.6 Å². The van der Waals surface area contributed by atoms with Crippen LogP contribution < -0.4 is 5.32 Å². The van der Waals surface area contributed by atoms with Crippen molar-refractivity contribution in [2.24, 2.45) is 13.0 Å². The molecule has 0 saturated heterocycles. The number of imidazole rings is 1. The number of carbonyl (C=O) groups is 1. The van der Waals surface area contributed by atoms with Crippen molar-refractivity contribution in [3.05, 3.63) is 40.7 Å². The minimum absolute atomic E-state index is 0.0999. The number of nitrogens with zero attached hydrogens (tertiary/aromatic N) is 4. The molecular weight excluding hydrogens is 326 g/mol. The topological polar surface area (TPSA) is 64.7 Å². The Morgan fingerprint density at radius 2 is 2.04 bits per heavy atom. The van der Waals surface area contributed by atoms with E-state index in [0.29, 0.717) is 17.5 Å². The second-order valence-corrected chi connectivity index (χ2v) is 6.42. The van der Waals surface area contributed by atoms with Gasteiger partial charge in [-0.2, -0.15) is 5.10 Å². The highest BCUT2D eigenvalue weighted by Gasteiger charge is 2.19. The number of halogens is 1. The molecule has 3 aromatic rings. The van der Waals surface area contributed by atoms with Crippen molar-refractivity contribution in [2.45, 2.75) is 27.3 Å². The van der Waals surface area contributed by atoms with Crippen LogP contribution in [0, 0.1) is 19.8 Å². The van der Waals surface area contributed by atoms with Gasteiger partial charge in [0.2, 0.25) is 11.9 Å². The van der Waals surface area contributed by atoms with Gasteiger partial charge in [-0.25, -0.2) is 4.98 Å². The van der Waals surface area contributed by atoms with Crippen molar-refractivity contribution < 1.29 is 4.79 Å². The molecule has 24 heavy (non-hydrogen) atoms. The zero-order chi connectivity index (χ0) is 17.4. The van der Waals surface area contributed by atoms with Gasteiger partial charge < -0.3 is 4.57 Å². The Morgan fingerprint density at radius 3 is 2.67 bits per heavy atom. The van der Waals surface area contributed by atoms with E-state index in [-0.39, 0.29) is 11.8 Å². The monoisotopic (exact) mass is 345 g/mol. The second kappa shape index (κ2) is 6.28. The standard InChI is InChI=1S/C17H20ClN5O/c1-10(9-23-12(3)15(18)11(2)21-23)16(24)20-17-19-13-7-5-6-8-14(13)22(17)4/h5-8,10H,9H2,1-4H3,(H,19,20,24). The molecule has 7 heteroatoms. The molecule has 1 unspecified atom stereocenters. The molecule has 6 nitrogen and oxygen atoms in total. The number of anilines is 1. The van der Waals surface area contributed by atoms with Gasteiger partial charge in [-0.1, -0.05) is 30.7 Å². The van der Waals surface area contributed by atoms with Gasteiger partial charge in [0.1, 0.15) is 0 Å². The summed E-state index contributed by atoms with van der Waals surface area (Å²) in [5.74, 6) is 0.176. The van der Waals surface area contributed by atoms with E-state index in [0.717, 1.165) is 22.4 Å². The Morgan fingerprint density at radius 1 is 1.33 bits per heavy atom. The Bertz CT molecular complexity index is 911. The van der Waals surface area contributed by atoms with Crippen molar-refractivity contribution in [1.82, 2.24) is 19.3 Å². The lowest BCUT2D eigenvalue weighted by Gasteiger charge is -2.13. The first-order valence-electron chi connectivity index (χ1n) is 7.80. The van der Waals surface area contributed by atoms with Crippen molar-refractivity contribution >= 4 is 34.5 Å². The maximum atomic E-state index is 12.5. The number of para-hydroxylation sites is 2. The predicted molar refractivity (Wildman–Crippen MR) is 95.2 cm³/mol. The third kappa shape index (κ3) is 2.89. The first-order chi connectivity index (χ1) is 11.4. The molecule has 1 N–H and O–H groups in total. The van der Waals surface area contributed by atoms with Gasteiger partial charge >= 0.3 is 0 Å². The summed E-state index contributed by atoms with van der Waals surface area (Å²) in [5.41, 5.74) is 3.48. The third-order valence-electron chi connectivity index (χ3n) is 4.21. The largest absolute Gasteiger partial charge is 0.313 e. The van der Waals surface area contributed by atoms with Crippen LogP contribution in [-0.2, 0) is 18.4 Å². The second-order valence-electron chi connectivity index (χ2n) is 6.04. The summed E-state index contributed by atoms with van der Waals surface area (Å²) < 4.78 is 3.65. The van der Waals surface area contributed by atoms with Crippen LogP contribution in [0.4, 0.5) is 5.95 Å². The normalized spacial score (nSPS) is 12.5. The van der Waals surface area contributed by atoms with Gasteiger partial charge in [-0.15, -0.1) is 0 Å². The number of benzene rings is 1. The molecule has 126 valence electrons. The summed E-state index contributed by atoms with van der Waals surface area (Å²) in [6, 6.07) is 7.77. The first-order valence-corrected chi connectivity index (χ1v) is 8.18. The molecule has 2 aromatic heterocycles. The molecule has 2 heterocycles. The smallest absolute Gasteiger partial charge is 0.231 e. The molecule has 0 saturated carbocycles. The lowest BCUT2D eigenvalue weighted by molar-refractivity contribution is -0.119. The van der Waals surface area contributed by atoms with Gasteiger partial charge in [0.25, 0.3) is 0 Å². The van der Waals surface area contributed by atoms with Crippen molar-refractivity contribution in [2.75, 3.05) is 5.32 Å². The molecule has 0 aliphatic heterocycles. The van der Waals surface area contributed by atoms with Crippen LogP contribution in [0.1, 0.15) is 18.3 Å². The first kappa shape index (κ1) is 16.5. The zero-order valence-electron chi connectivity index (χ0n) is 14.2. The quantitative estimate of drug-likeness (QED) is 0.789. The molecule has 0 radical (unpaired) electrons. The number of fused-ring (bicyclic) bond motifs is 1. The van der Waals surface area contributed by atoms with E-state index < -0.39 is 0 Å². The lowest BCUT2D eigenvalue weighted by atomic mass is 10.1. The molecule has 0 fully saturated rings. The van der Waals surface area contributed by atoms with Crippen molar-refractivity contribution in [3.63, 3.8) is 0 Å². The number of aryl methyl sites for hydroxylation is 2. The van der Waals surface area contributed by atoms with E-state index in [1.165, 1.54) is 0 Å². The fourth-order valence-electron chi connectivity index (χ4n) is 2.69. The molecule has 1 aromatic carbocycles. The van der Waals surface area contributed by atoms with Crippen LogP contribution in [0.5, 0.6) is 0 Å². The van der Waals surface area contributed by atoms with Gasteiger partial charge in [0.15, 0.2) is 0 Å². The Kier molecular flexibility index (Phi) is 4.32. The van der Waals surface area contributed by atoms with Crippen LogP contribution in [0.3, 0.4) is 0 Å². The molecule has 0 bridgehead atoms. The summed E-state index contributed by atoms with van der Waals surface area (Å²) in [6.45, 7) is 6.09. The molecule has 0 spiro atoms. The maximum Gasteiger partial charge on any atom is 0.231 e. The van der Waals surface area contributed by atoms with Crippen molar-refractivity contribution in [3.8, 4) is 0 Å². The number of carbonyl (C=O) groups excluding carboxylic acids is 1. The van der Waals surface area contributed by atoms with Crippen LogP contribution in [0.2, 0.25) is 5.02 Å². The number of rotatable bonds is 4.